The number of aromatic nitrogens is 2. The molecule has 0 atom stereocenters. The van der Waals surface area contributed by atoms with Gasteiger partial charge in [-0.3, -0.25) is 4.79 Å². The van der Waals surface area contributed by atoms with Gasteiger partial charge in [0.25, 0.3) is 0 Å². The van der Waals surface area contributed by atoms with Crippen LogP contribution in [-0.4, -0.2) is 16.0 Å². The Balaban J connectivity index is 1.62. The molecule has 0 saturated heterocycles. The molecule has 3 rings (SSSR count). The molecule has 2 N–H and O–H groups in total. The predicted molar refractivity (Wildman–Crippen MR) is 101 cm³/mol. The van der Waals surface area contributed by atoms with Crippen LogP contribution in [0.4, 0.5) is 15.8 Å². The number of rotatable bonds is 7. The van der Waals surface area contributed by atoms with Gasteiger partial charge >= 0.3 is 0 Å². The molecule has 27 heavy (non-hydrogen) atoms. The van der Waals surface area contributed by atoms with Crippen molar-refractivity contribution in [2.75, 3.05) is 10.6 Å². The van der Waals surface area contributed by atoms with E-state index in [1.807, 2.05) is 44.2 Å². The molecule has 3 aromatic rings. The van der Waals surface area contributed by atoms with Crippen molar-refractivity contribution in [3.05, 3.63) is 71.6 Å². The number of hydrogen-bond acceptors (Lipinski definition) is 5. The summed E-state index contributed by atoms with van der Waals surface area (Å²) in [7, 11) is 0. The zero-order valence-corrected chi connectivity index (χ0v) is 15.2. The van der Waals surface area contributed by atoms with Gasteiger partial charge < -0.3 is 15.2 Å². The number of anilines is 2. The number of nitrogens with zero attached hydrogens (tertiary/aromatic N) is 2. The van der Waals surface area contributed by atoms with Crippen LogP contribution in [0.1, 0.15) is 37.0 Å². The number of halogens is 1. The van der Waals surface area contributed by atoms with Gasteiger partial charge in [-0.15, -0.1) is 0 Å². The average molecular weight is 368 g/mol. The highest BCUT2D eigenvalue weighted by molar-refractivity contribution is 5.92. The predicted octanol–water partition coefficient (Wildman–Crippen LogP) is 4.13. The minimum Gasteiger partial charge on any atom is -0.376 e. The highest BCUT2D eigenvalue weighted by Crippen LogP contribution is 2.21. The molecule has 0 saturated carbocycles. The molecule has 2 aromatic carbocycles. The monoisotopic (exact) mass is 368 g/mol. The van der Waals surface area contributed by atoms with Gasteiger partial charge in [-0.05, 0) is 23.8 Å². The molecule has 0 aliphatic carbocycles. The highest BCUT2D eigenvalue weighted by atomic mass is 19.1. The molecule has 1 amide bonds. The van der Waals surface area contributed by atoms with Crippen LogP contribution in [0.5, 0.6) is 0 Å². The van der Waals surface area contributed by atoms with E-state index in [-0.39, 0.29) is 23.9 Å². The second-order valence-corrected chi connectivity index (χ2v) is 6.46. The Morgan fingerprint density at radius 3 is 2.67 bits per heavy atom. The zero-order valence-electron chi connectivity index (χ0n) is 15.2. The summed E-state index contributed by atoms with van der Waals surface area (Å²) < 4.78 is 19.2. The summed E-state index contributed by atoms with van der Waals surface area (Å²) in [6.45, 7) is 4.27. The van der Waals surface area contributed by atoms with Crippen molar-refractivity contribution >= 4 is 17.3 Å². The van der Waals surface area contributed by atoms with Crippen LogP contribution in [0.2, 0.25) is 0 Å². The largest absolute Gasteiger partial charge is 0.376 e. The summed E-state index contributed by atoms with van der Waals surface area (Å²) in [6, 6.07) is 13.7. The molecule has 0 unspecified atom stereocenters. The zero-order chi connectivity index (χ0) is 19.2. The summed E-state index contributed by atoms with van der Waals surface area (Å²) >= 11 is 0. The molecule has 7 heteroatoms. The number of nitrogens with one attached hydrogen (secondary N) is 2. The lowest BCUT2D eigenvalue weighted by Crippen LogP contribution is -2.15. The summed E-state index contributed by atoms with van der Waals surface area (Å²) in [6.07, 6.45) is 0.178. The minimum absolute atomic E-state index is 0.120. The fraction of sp³-hybridized carbons (Fsp3) is 0.250. The van der Waals surface area contributed by atoms with E-state index in [0.29, 0.717) is 23.9 Å². The van der Waals surface area contributed by atoms with Gasteiger partial charge in [0, 0.05) is 11.6 Å². The molecule has 0 radical (unpaired) electrons. The highest BCUT2D eigenvalue weighted by Gasteiger charge is 2.11. The fourth-order valence-electron chi connectivity index (χ4n) is 2.46. The van der Waals surface area contributed by atoms with E-state index in [1.165, 1.54) is 12.1 Å². The van der Waals surface area contributed by atoms with E-state index >= 15 is 0 Å². The first-order valence-corrected chi connectivity index (χ1v) is 8.71. The average Bonchev–Trinajstić information content (AvgIpc) is 3.12. The van der Waals surface area contributed by atoms with Crippen molar-refractivity contribution < 1.29 is 13.7 Å². The number of benzene rings is 2. The standard InChI is InChI=1S/C20H21FN4O2/c1-13(2)20-24-19(27-25-20)12-22-15-8-9-16(21)17(11-15)23-18(26)10-14-6-4-3-5-7-14/h3-9,11,13,22H,10,12H2,1-2H3,(H,23,26). The van der Waals surface area contributed by atoms with E-state index in [1.54, 1.807) is 6.07 Å². The van der Waals surface area contributed by atoms with Crippen molar-refractivity contribution in [1.82, 2.24) is 10.1 Å². The van der Waals surface area contributed by atoms with E-state index in [0.717, 1.165) is 5.56 Å². The molecule has 1 heterocycles. The Kier molecular flexibility index (Phi) is 5.80. The van der Waals surface area contributed by atoms with Crippen LogP contribution in [0.25, 0.3) is 0 Å². The maximum Gasteiger partial charge on any atom is 0.245 e. The molecule has 0 fully saturated rings. The molecule has 140 valence electrons. The number of amides is 1. The lowest BCUT2D eigenvalue weighted by atomic mass is 10.1. The van der Waals surface area contributed by atoms with Crippen molar-refractivity contribution in [1.29, 1.82) is 0 Å². The Morgan fingerprint density at radius 2 is 1.96 bits per heavy atom. The Morgan fingerprint density at radius 1 is 1.19 bits per heavy atom. The molecular weight excluding hydrogens is 347 g/mol. The van der Waals surface area contributed by atoms with Gasteiger partial charge in [0.1, 0.15) is 5.82 Å². The SMILES string of the molecule is CC(C)c1noc(CNc2ccc(F)c(NC(=O)Cc3ccccc3)c2)n1. The van der Waals surface area contributed by atoms with E-state index in [4.69, 9.17) is 4.52 Å². The van der Waals surface area contributed by atoms with Crippen LogP contribution in [0, 0.1) is 5.82 Å². The van der Waals surface area contributed by atoms with Crippen molar-refractivity contribution in [3.63, 3.8) is 0 Å². The Labute approximate surface area is 156 Å². The van der Waals surface area contributed by atoms with Gasteiger partial charge in [-0.25, -0.2) is 4.39 Å². The first kappa shape index (κ1) is 18.6. The lowest BCUT2D eigenvalue weighted by Gasteiger charge is -2.10. The topological polar surface area (TPSA) is 80.0 Å². The van der Waals surface area contributed by atoms with Gasteiger partial charge in [0.05, 0.1) is 18.7 Å². The second-order valence-electron chi connectivity index (χ2n) is 6.46. The van der Waals surface area contributed by atoms with E-state index in [2.05, 4.69) is 20.8 Å². The normalized spacial score (nSPS) is 10.8. The summed E-state index contributed by atoms with van der Waals surface area (Å²) in [5.74, 6) is 0.481. The maximum atomic E-state index is 14.0. The molecule has 0 bridgehead atoms. The quantitative estimate of drug-likeness (QED) is 0.656. The third-order valence-electron chi connectivity index (χ3n) is 3.89. The first-order chi connectivity index (χ1) is 13.0. The summed E-state index contributed by atoms with van der Waals surface area (Å²) in [4.78, 5) is 16.4. The van der Waals surface area contributed by atoms with Crippen LogP contribution < -0.4 is 10.6 Å². The molecule has 0 aliphatic heterocycles. The van der Waals surface area contributed by atoms with Crippen molar-refractivity contribution in [2.45, 2.75) is 32.7 Å². The summed E-state index contributed by atoms with van der Waals surface area (Å²) in [5.41, 5.74) is 1.62. The van der Waals surface area contributed by atoms with Crippen LogP contribution >= 0.6 is 0 Å². The Bertz CT molecular complexity index is 909. The van der Waals surface area contributed by atoms with Crippen LogP contribution in [0.3, 0.4) is 0 Å². The van der Waals surface area contributed by atoms with Gasteiger partial charge in [-0.2, -0.15) is 4.98 Å². The van der Waals surface area contributed by atoms with Crippen molar-refractivity contribution in [3.8, 4) is 0 Å². The van der Waals surface area contributed by atoms with Crippen molar-refractivity contribution in [2.24, 2.45) is 0 Å². The molecular formula is C20H21FN4O2. The molecule has 0 aliphatic rings. The summed E-state index contributed by atoms with van der Waals surface area (Å²) in [5, 5.41) is 9.60. The fourth-order valence-corrected chi connectivity index (χ4v) is 2.46. The third kappa shape index (κ3) is 5.13. The third-order valence-corrected chi connectivity index (χ3v) is 3.89. The molecule has 0 spiro atoms. The molecule has 1 aromatic heterocycles. The van der Waals surface area contributed by atoms with Gasteiger partial charge in [0.2, 0.25) is 11.8 Å². The second kappa shape index (κ2) is 8.44. The number of carbonyl (C=O) groups is 1. The minimum atomic E-state index is -0.498. The van der Waals surface area contributed by atoms with Gasteiger partial charge in [-0.1, -0.05) is 49.3 Å². The lowest BCUT2D eigenvalue weighted by molar-refractivity contribution is -0.115. The molecule has 6 nitrogen and oxygen atoms in total. The number of carbonyl (C=O) groups excluding carboxylic acids is 1. The Hall–Kier alpha value is -3.22. The van der Waals surface area contributed by atoms with Crippen LogP contribution in [-0.2, 0) is 17.8 Å². The first-order valence-electron chi connectivity index (χ1n) is 8.71. The smallest absolute Gasteiger partial charge is 0.245 e. The maximum absolute atomic E-state index is 14.0. The van der Waals surface area contributed by atoms with Crippen LogP contribution in [0.15, 0.2) is 53.1 Å². The number of hydrogen-bond donors (Lipinski definition) is 2. The van der Waals surface area contributed by atoms with Gasteiger partial charge in [0.15, 0.2) is 5.82 Å². The van der Waals surface area contributed by atoms with E-state index in [9.17, 15) is 9.18 Å². The van der Waals surface area contributed by atoms with E-state index < -0.39 is 5.82 Å².